The Hall–Kier alpha value is -2.08. The van der Waals surface area contributed by atoms with Crippen LogP contribution in [0.25, 0.3) is 0 Å². The van der Waals surface area contributed by atoms with Gasteiger partial charge in [0.05, 0.1) is 6.04 Å². The van der Waals surface area contributed by atoms with Gasteiger partial charge in [0.25, 0.3) is 0 Å². The first-order chi connectivity index (χ1) is 9.99. The minimum absolute atomic E-state index is 0.341. The molecule has 21 heavy (non-hydrogen) atoms. The standard InChI is InChI=1S/C15H22N4O2/c1-11-5-3-4-6-13(11)19-9-7-18(8-10-19)12(2)14(20)17-15(16)21/h3-6,12H,7-10H2,1-2H3,(H3,16,17,20,21)/t12-/m1/s1. The number of para-hydroxylation sites is 1. The van der Waals surface area contributed by atoms with E-state index in [1.165, 1.54) is 11.3 Å². The molecule has 1 aromatic rings. The summed E-state index contributed by atoms with van der Waals surface area (Å²) in [5, 5.41) is 2.14. The maximum absolute atomic E-state index is 11.8. The number of carbonyl (C=O) groups excluding carboxylic acids is 2. The number of nitrogens with one attached hydrogen (secondary N) is 1. The Kier molecular flexibility index (Phi) is 4.80. The van der Waals surface area contributed by atoms with Gasteiger partial charge in [-0.3, -0.25) is 15.0 Å². The molecule has 2 rings (SSSR count). The molecule has 6 nitrogen and oxygen atoms in total. The molecule has 0 radical (unpaired) electrons. The van der Waals surface area contributed by atoms with Crippen LogP contribution in [0.15, 0.2) is 24.3 Å². The lowest BCUT2D eigenvalue weighted by atomic mass is 10.1. The highest BCUT2D eigenvalue weighted by Crippen LogP contribution is 2.21. The van der Waals surface area contributed by atoms with E-state index in [1.54, 1.807) is 6.92 Å². The fourth-order valence-electron chi connectivity index (χ4n) is 2.66. The van der Waals surface area contributed by atoms with E-state index < -0.39 is 6.03 Å². The highest BCUT2D eigenvalue weighted by atomic mass is 16.2. The van der Waals surface area contributed by atoms with Crippen molar-refractivity contribution in [2.75, 3.05) is 31.1 Å². The molecular formula is C15H22N4O2. The first-order valence-electron chi connectivity index (χ1n) is 7.14. The molecule has 6 heteroatoms. The van der Waals surface area contributed by atoms with E-state index in [4.69, 9.17) is 5.73 Å². The van der Waals surface area contributed by atoms with Crippen LogP contribution in [0.4, 0.5) is 10.5 Å². The van der Waals surface area contributed by atoms with E-state index in [2.05, 4.69) is 34.2 Å². The van der Waals surface area contributed by atoms with Crippen LogP contribution in [0.5, 0.6) is 0 Å². The molecular weight excluding hydrogens is 268 g/mol. The number of primary amides is 1. The second kappa shape index (κ2) is 6.58. The fourth-order valence-corrected chi connectivity index (χ4v) is 2.66. The number of urea groups is 1. The maximum Gasteiger partial charge on any atom is 0.318 e. The summed E-state index contributed by atoms with van der Waals surface area (Å²) >= 11 is 0. The van der Waals surface area contributed by atoms with Crippen LogP contribution in [0.2, 0.25) is 0 Å². The number of aryl methyl sites for hydroxylation is 1. The van der Waals surface area contributed by atoms with Gasteiger partial charge in [0.15, 0.2) is 0 Å². The lowest BCUT2D eigenvalue weighted by molar-refractivity contribution is -0.124. The highest BCUT2D eigenvalue weighted by Gasteiger charge is 2.26. The van der Waals surface area contributed by atoms with Crippen molar-refractivity contribution < 1.29 is 9.59 Å². The van der Waals surface area contributed by atoms with Crippen LogP contribution in [-0.4, -0.2) is 49.1 Å². The largest absolute Gasteiger partial charge is 0.369 e. The minimum Gasteiger partial charge on any atom is -0.369 e. The lowest BCUT2D eigenvalue weighted by Crippen LogP contribution is -2.55. The highest BCUT2D eigenvalue weighted by molar-refractivity contribution is 5.96. The molecule has 1 fully saturated rings. The smallest absolute Gasteiger partial charge is 0.318 e. The number of piperazine rings is 1. The number of carbonyl (C=O) groups is 2. The Labute approximate surface area is 124 Å². The average molecular weight is 290 g/mol. The molecule has 1 atom stereocenters. The summed E-state index contributed by atoms with van der Waals surface area (Å²) in [6.07, 6.45) is 0. The minimum atomic E-state index is -0.801. The van der Waals surface area contributed by atoms with Gasteiger partial charge in [-0.05, 0) is 25.5 Å². The van der Waals surface area contributed by atoms with Crippen LogP contribution in [0, 0.1) is 6.92 Å². The number of rotatable bonds is 3. The van der Waals surface area contributed by atoms with E-state index in [0.717, 1.165) is 26.2 Å². The van der Waals surface area contributed by atoms with Gasteiger partial charge in [0.1, 0.15) is 0 Å². The number of amides is 3. The van der Waals surface area contributed by atoms with Crippen molar-refractivity contribution in [1.29, 1.82) is 0 Å². The fraction of sp³-hybridized carbons (Fsp3) is 0.467. The van der Waals surface area contributed by atoms with Crippen molar-refractivity contribution in [2.45, 2.75) is 19.9 Å². The average Bonchev–Trinajstić information content (AvgIpc) is 2.46. The summed E-state index contributed by atoms with van der Waals surface area (Å²) in [6.45, 7) is 7.17. The zero-order chi connectivity index (χ0) is 15.4. The predicted molar refractivity (Wildman–Crippen MR) is 82.2 cm³/mol. The molecule has 1 aliphatic heterocycles. The molecule has 0 unspecified atom stereocenters. The Morgan fingerprint density at radius 2 is 1.81 bits per heavy atom. The third kappa shape index (κ3) is 3.72. The summed E-state index contributed by atoms with van der Waals surface area (Å²) in [5.41, 5.74) is 7.47. The zero-order valence-electron chi connectivity index (χ0n) is 12.5. The first kappa shape index (κ1) is 15.3. The monoisotopic (exact) mass is 290 g/mol. The SMILES string of the molecule is Cc1ccccc1N1CCN([C@H](C)C(=O)NC(N)=O)CC1. The summed E-state index contributed by atoms with van der Waals surface area (Å²) in [5.74, 6) is -0.341. The van der Waals surface area contributed by atoms with Crippen LogP contribution in [-0.2, 0) is 4.79 Å². The quantitative estimate of drug-likeness (QED) is 0.859. The third-order valence-electron chi connectivity index (χ3n) is 3.94. The van der Waals surface area contributed by atoms with Gasteiger partial charge in [0, 0.05) is 31.9 Å². The molecule has 1 aliphatic rings. The number of hydrogen-bond acceptors (Lipinski definition) is 4. The van der Waals surface area contributed by atoms with Gasteiger partial charge in [-0.15, -0.1) is 0 Å². The van der Waals surface area contributed by atoms with Crippen molar-refractivity contribution >= 4 is 17.6 Å². The molecule has 0 bridgehead atoms. The molecule has 114 valence electrons. The van der Waals surface area contributed by atoms with Crippen LogP contribution in [0.1, 0.15) is 12.5 Å². The number of benzene rings is 1. The van der Waals surface area contributed by atoms with Crippen molar-refractivity contribution in [3.05, 3.63) is 29.8 Å². The molecule has 0 aliphatic carbocycles. The molecule has 0 saturated carbocycles. The van der Waals surface area contributed by atoms with E-state index >= 15 is 0 Å². The van der Waals surface area contributed by atoms with Gasteiger partial charge in [-0.1, -0.05) is 18.2 Å². The molecule has 0 spiro atoms. The van der Waals surface area contributed by atoms with Crippen LogP contribution < -0.4 is 16.0 Å². The molecule has 1 aromatic carbocycles. The Morgan fingerprint density at radius 3 is 2.38 bits per heavy atom. The van der Waals surface area contributed by atoms with Gasteiger partial charge >= 0.3 is 6.03 Å². The number of nitrogens with zero attached hydrogens (tertiary/aromatic N) is 2. The lowest BCUT2D eigenvalue weighted by Gasteiger charge is -2.38. The van der Waals surface area contributed by atoms with Crippen molar-refractivity contribution in [2.24, 2.45) is 5.73 Å². The molecule has 1 heterocycles. The molecule has 1 saturated heterocycles. The number of hydrogen-bond donors (Lipinski definition) is 2. The summed E-state index contributed by atoms with van der Waals surface area (Å²) in [7, 11) is 0. The van der Waals surface area contributed by atoms with E-state index in [9.17, 15) is 9.59 Å². The number of imide groups is 1. The van der Waals surface area contributed by atoms with E-state index in [1.807, 2.05) is 12.1 Å². The normalized spacial score (nSPS) is 17.3. The van der Waals surface area contributed by atoms with Crippen LogP contribution in [0.3, 0.4) is 0 Å². The Bertz CT molecular complexity index is 524. The molecule has 3 N–H and O–H groups in total. The maximum atomic E-state index is 11.8. The van der Waals surface area contributed by atoms with E-state index in [0.29, 0.717) is 0 Å². The summed E-state index contributed by atoms with van der Waals surface area (Å²) < 4.78 is 0. The van der Waals surface area contributed by atoms with Gasteiger partial charge in [-0.25, -0.2) is 4.79 Å². The molecule has 0 aromatic heterocycles. The Balaban J connectivity index is 1.93. The predicted octanol–water partition coefficient (Wildman–Crippen LogP) is 0.700. The van der Waals surface area contributed by atoms with Crippen molar-refractivity contribution in [3.8, 4) is 0 Å². The number of anilines is 1. The van der Waals surface area contributed by atoms with Crippen LogP contribution >= 0.6 is 0 Å². The van der Waals surface area contributed by atoms with Crippen molar-refractivity contribution in [1.82, 2.24) is 10.2 Å². The van der Waals surface area contributed by atoms with Gasteiger partial charge in [-0.2, -0.15) is 0 Å². The molecule has 3 amide bonds. The zero-order valence-corrected chi connectivity index (χ0v) is 12.5. The third-order valence-corrected chi connectivity index (χ3v) is 3.94. The Morgan fingerprint density at radius 1 is 1.19 bits per heavy atom. The van der Waals surface area contributed by atoms with Crippen molar-refractivity contribution in [3.63, 3.8) is 0 Å². The topological polar surface area (TPSA) is 78.7 Å². The second-order valence-electron chi connectivity index (χ2n) is 5.34. The first-order valence-corrected chi connectivity index (χ1v) is 7.14. The van der Waals surface area contributed by atoms with E-state index in [-0.39, 0.29) is 11.9 Å². The second-order valence-corrected chi connectivity index (χ2v) is 5.34. The van der Waals surface area contributed by atoms with Gasteiger partial charge < -0.3 is 10.6 Å². The number of nitrogens with two attached hydrogens (primary N) is 1. The summed E-state index contributed by atoms with van der Waals surface area (Å²) in [4.78, 5) is 26.9. The van der Waals surface area contributed by atoms with Gasteiger partial charge in [0.2, 0.25) is 5.91 Å². The summed E-state index contributed by atoms with van der Waals surface area (Å²) in [6, 6.07) is 7.14.